The van der Waals surface area contributed by atoms with Gasteiger partial charge in [-0.2, -0.15) is 0 Å². The Kier molecular flexibility index (Phi) is 2.91. The molecule has 1 nitrogen and oxygen atoms in total. The quantitative estimate of drug-likeness (QED) is 0.321. The molecule has 0 atom stereocenters. The van der Waals surface area contributed by atoms with Gasteiger partial charge in [-0.1, -0.05) is 66.2 Å². The van der Waals surface area contributed by atoms with Crippen molar-refractivity contribution < 1.29 is 4.42 Å². The lowest BCUT2D eigenvalue weighted by Crippen LogP contribution is -1.80. The van der Waals surface area contributed by atoms with E-state index in [-0.39, 0.29) is 0 Å². The highest BCUT2D eigenvalue weighted by Crippen LogP contribution is 2.40. The van der Waals surface area contributed by atoms with Crippen molar-refractivity contribution in [2.24, 2.45) is 0 Å². The van der Waals surface area contributed by atoms with Crippen molar-refractivity contribution in [2.75, 3.05) is 0 Å². The van der Waals surface area contributed by atoms with Crippen LogP contribution >= 0.6 is 11.6 Å². The lowest BCUT2D eigenvalue weighted by atomic mass is 9.97. The van der Waals surface area contributed by atoms with E-state index < -0.39 is 0 Å². The Morgan fingerprint density at radius 1 is 0.667 bits per heavy atom. The van der Waals surface area contributed by atoms with Gasteiger partial charge in [-0.25, -0.2) is 0 Å². The Hall–Kier alpha value is -2.77. The van der Waals surface area contributed by atoms with Crippen LogP contribution in [0.1, 0.15) is 0 Å². The zero-order valence-electron chi connectivity index (χ0n) is 12.8. The third-order valence-electron chi connectivity index (χ3n) is 4.52. The largest absolute Gasteiger partial charge is 0.456 e. The van der Waals surface area contributed by atoms with E-state index in [1.807, 2.05) is 30.3 Å². The van der Waals surface area contributed by atoms with Crippen LogP contribution in [0.5, 0.6) is 0 Å². The van der Waals surface area contributed by atoms with Crippen LogP contribution in [0.4, 0.5) is 0 Å². The fourth-order valence-electron chi connectivity index (χ4n) is 3.48. The van der Waals surface area contributed by atoms with Gasteiger partial charge in [0.25, 0.3) is 0 Å². The van der Waals surface area contributed by atoms with Gasteiger partial charge in [0.2, 0.25) is 0 Å². The van der Waals surface area contributed by atoms with Gasteiger partial charge in [-0.15, -0.1) is 0 Å². The molecule has 0 spiro atoms. The summed E-state index contributed by atoms with van der Waals surface area (Å²) in [4.78, 5) is 0. The minimum Gasteiger partial charge on any atom is -0.456 e. The smallest absolute Gasteiger partial charge is 0.136 e. The highest BCUT2D eigenvalue weighted by atomic mass is 35.5. The maximum absolute atomic E-state index is 6.21. The Balaban J connectivity index is 2.00. The normalized spacial score (nSPS) is 11.5. The monoisotopic (exact) mass is 328 g/mol. The molecule has 0 saturated heterocycles. The molecule has 0 aliphatic heterocycles. The molecule has 0 fully saturated rings. The second-order valence-corrected chi connectivity index (χ2v) is 6.39. The van der Waals surface area contributed by atoms with Crippen LogP contribution in [0.2, 0.25) is 5.02 Å². The van der Waals surface area contributed by atoms with Crippen LogP contribution in [0, 0.1) is 0 Å². The van der Waals surface area contributed by atoms with Gasteiger partial charge in [-0.3, -0.25) is 0 Å². The third-order valence-corrected chi connectivity index (χ3v) is 4.76. The minimum atomic E-state index is 0.738. The summed E-state index contributed by atoms with van der Waals surface area (Å²) in [5.41, 5.74) is 4.06. The lowest BCUT2D eigenvalue weighted by molar-refractivity contribution is 0.669. The first-order valence-corrected chi connectivity index (χ1v) is 8.28. The molecule has 1 heterocycles. The predicted octanol–water partition coefficient (Wildman–Crippen LogP) is 7.06. The van der Waals surface area contributed by atoms with Crippen LogP contribution in [0.3, 0.4) is 0 Å². The first-order chi connectivity index (χ1) is 11.8. The molecule has 0 N–H and O–H groups in total. The summed E-state index contributed by atoms with van der Waals surface area (Å²) in [6, 6.07) is 26.7. The van der Waals surface area contributed by atoms with E-state index in [4.69, 9.17) is 16.0 Å². The zero-order valence-corrected chi connectivity index (χ0v) is 13.5. The molecule has 1 aromatic heterocycles. The molecule has 0 unspecified atom stereocenters. The second kappa shape index (κ2) is 5.12. The molecule has 4 aromatic carbocycles. The number of hydrogen-bond donors (Lipinski definition) is 0. The topological polar surface area (TPSA) is 13.1 Å². The molecular weight excluding hydrogens is 316 g/mol. The summed E-state index contributed by atoms with van der Waals surface area (Å²) in [6.45, 7) is 0. The Morgan fingerprint density at radius 3 is 2.42 bits per heavy atom. The van der Waals surface area contributed by atoms with Crippen molar-refractivity contribution >= 4 is 44.3 Å². The molecule has 0 bridgehead atoms. The van der Waals surface area contributed by atoms with Gasteiger partial charge in [0.15, 0.2) is 0 Å². The summed E-state index contributed by atoms with van der Waals surface area (Å²) in [7, 11) is 0. The van der Waals surface area contributed by atoms with Gasteiger partial charge in [0.05, 0.1) is 0 Å². The second-order valence-electron chi connectivity index (χ2n) is 5.95. The fraction of sp³-hybridized carbons (Fsp3) is 0. The van der Waals surface area contributed by atoms with E-state index in [9.17, 15) is 0 Å². The Labute approximate surface area is 144 Å². The van der Waals surface area contributed by atoms with E-state index in [1.165, 1.54) is 16.2 Å². The number of fused-ring (bicyclic) bond motifs is 5. The summed E-state index contributed by atoms with van der Waals surface area (Å²) < 4.78 is 6.12. The highest BCUT2D eigenvalue weighted by Gasteiger charge is 2.14. The average molecular weight is 329 g/mol. The third kappa shape index (κ3) is 1.95. The fourth-order valence-corrected chi connectivity index (χ4v) is 3.67. The number of rotatable bonds is 1. The van der Waals surface area contributed by atoms with Crippen molar-refractivity contribution in [1.29, 1.82) is 0 Å². The molecule has 0 amide bonds. The summed E-state index contributed by atoms with van der Waals surface area (Å²) >= 11 is 6.21. The molecule has 2 heteroatoms. The number of benzene rings is 4. The molecule has 0 aliphatic carbocycles. The van der Waals surface area contributed by atoms with Crippen LogP contribution in [-0.2, 0) is 0 Å². The van der Waals surface area contributed by atoms with Gasteiger partial charge in [0, 0.05) is 15.8 Å². The Bertz CT molecular complexity index is 1220. The van der Waals surface area contributed by atoms with Crippen molar-refractivity contribution in [3.8, 4) is 11.1 Å². The van der Waals surface area contributed by atoms with Crippen LogP contribution in [0.15, 0.2) is 83.3 Å². The zero-order chi connectivity index (χ0) is 16.1. The van der Waals surface area contributed by atoms with Gasteiger partial charge in [0.1, 0.15) is 11.2 Å². The molecule has 114 valence electrons. The first kappa shape index (κ1) is 13.6. The molecule has 0 aliphatic rings. The van der Waals surface area contributed by atoms with E-state index in [0.717, 1.165) is 32.7 Å². The highest BCUT2D eigenvalue weighted by molar-refractivity contribution is 6.31. The van der Waals surface area contributed by atoms with E-state index in [1.54, 1.807) is 0 Å². The summed E-state index contributed by atoms with van der Waals surface area (Å²) in [5.74, 6) is 0. The van der Waals surface area contributed by atoms with Gasteiger partial charge >= 0.3 is 0 Å². The van der Waals surface area contributed by atoms with Crippen molar-refractivity contribution in [3.63, 3.8) is 0 Å². The lowest BCUT2D eigenvalue weighted by Gasteiger charge is -2.05. The summed E-state index contributed by atoms with van der Waals surface area (Å²) in [6.07, 6.45) is 0. The van der Waals surface area contributed by atoms with Crippen LogP contribution in [-0.4, -0.2) is 0 Å². The molecule has 0 saturated carbocycles. The van der Waals surface area contributed by atoms with E-state index in [0.29, 0.717) is 0 Å². The van der Waals surface area contributed by atoms with Gasteiger partial charge in [-0.05, 0) is 46.2 Å². The van der Waals surface area contributed by atoms with Crippen LogP contribution < -0.4 is 0 Å². The van der Waals surface area contributed by atoms with Gasteiger partial charge < -0.3 is 4.42 Å². The molecule has 5 rings (SSSR count). The SMILES string of the molecule is Clc1cccc(-c2cccc3oc4ccc5ccccc5c4c23)c1. The molecular formula is C22H13ClO. The predicted molar refractivity (Wildman–Crippen MR) is 102 cm³/mol. The molecule has 24 heavy (non-hydrogen) atoms. The number of furan rings is 1. The van der Waals surface area contributed by atoms with Crippen molar-refractivity contribution in [3.05, 3.63) is 83.9 Å². The van der Waals surface area contributed by atoms with Crippen molar-refractivity contribution in [2.45, 2.75) is 0 Å². The van der Waals surface area contributed by atoms with Crippen LogP contribution in [0.25, 0.3) is 43.8 Å². The minimum absolute atomic E-state index is 0.738. The number of halogens is 1. The standard InChI is InChI=1S/C22H13ClO/c23-16-7-3-6-15(13-16)18-9-4-10-19-22(18)21-17-8-2-1-5-14(17)11-12-20(21)24-19/h1-13H. The Morgan fingerprint density at radius 2 is 1.50 bits per heavy atom. The van der Waals surface area contributed by atoms with Crippen molar-refractivity contribution in [1.82, 2.24) is 0 Å². The first-order valence-electron chi connectivity index (χ1n) is 7.90. The molecule has 5 aromatic rings. The average Bonchev–Trinajstić information content (AvgIpc) is 3.01. The van der Waals surface area contributed by atoms with E-state index >= 15 is 0 Å². The van der Waals surface area contributed by atoms with E-state index in [2.05, 4.69) is 48.5 Å². The number of hydrogen-bond acceptors (Lipinski definition) is 1. The maximum atomic E-state index is 6.21. The molecule has 0 radical (unpaired) electrons. The maximum Gasteiger partial charge on any atom is 0.136 e. The summed E-state index contributed by atoms with van der Waals surface area (Å²) in [5, 5.41) is 5.48.